The zero-order valence-corrected chi connectivity index (χ0v) is 13.7. The molecule has 4 nitrogen and oxygen atoms in total. The van der Waals surface area contributed by atoms with Gasteiger partial charge in [0.05, 0.1) is 5.56 Å². The molecule has 4 N–H and O–H groups in total. The molecule has 0 saturated carbocycles. The average molecular weight is 376 g/mol. The SMILES string of the molecule is CC(C)CC(C)(CN)NC(=O)c1cc(I)ccc1O. The van der Waals surface area contributed by atoms with Crippen molar-refractivity contribution in [2.45, 2.75) is 32.7 Å². The fourth-order valence-electron chi connectivity index (χ4n) is 2.12. The van der Waals surface area contributed by atoms with Crippen molar-refractivity contribution in [3.8, 4) is 5.75 Å². The number of aromatic hydroxyl groups is 1. The van der Waals surface area contributed by atoms with Crippen LogP contribution in [0.4, 0.5) is 0 Å². The highest BCUT2D eigenvalue weighted by Gasteiger charge is 2.27. The maximum atomic E-state index is 12.2. The van der Waals surface area contributed by atoms with Crippen LogP contribution in [0, 0.1) is 9.49 Å². The summed E-state index contributed by atoms with van der Waals surface area (Å²) in [6.45, 7) is 6.46. The summed E-state index contributed by atoms with van der Waals surface area (Å²) in [5.74, 6) is 0.129. The minimum atomic E-state index is -0.459. The Balaban J connectivity index is 2.91. The Hall–Kier alpha value is -0.820. The van der Waals surface area contributed by atoms with E-state index in [-0.39, 0.29) is 17.2 Å². The molecule has 1 rings (SSSR count). The van der Waals surface area contributed by atoms with E-state index in [0.717, 1.165) is 9.99 Å². The zero-order chi connectivity index (χ0) is 14.6. The summed E-state index contributed by atoms with van der Waals surface area (Å²) in [5.41, 5.74) is 5.60. The molecule has 5 heteroatoms. The van der Waals surface area contributed by atoms with Crippen molar-refractivity contribution in [3.63, 3.8) is 0 Å². The van der Waals surface area contributed by atoms with Crippen LogP contribution in [0.15, 0.2) is 18.2 Å². The van der Waals surface area contributed by atoms with Crippen LogP contribution in [0.5, 0.6) is 5.75 Å². The molecule has 0 spiro atoms. The fourth-order valence-corrected chi connectivity index (χ4v) is 2.61. The highest BCUT2D eigenvalue weighted by atomic mass is 127. The molecule has 1 amide bonds. The lowest BCUT2D eigenvalue weighted by molar-refractivity contribution is 0.0895. The Morgan fingerprint density at radius 2 is 2.16 bits per heavy atom. The van der Waals surface area contributed by atoms with Crippen LogP contribution in [-0.4, -0.2) is 23.1 Å². The van der Waals surface area contributed by atoms with Crippen LogP contribution >= 0.6 is 22.6 Å². The maximum Gasteiger partial charge on any atom is 0.255 e. The Morgan fingerprint density at radius 1 is 1.53 bits per heavy atom. The van der Waals surface area contributed by atoms with Gasteiger partial charge in [-0.3, -0.25) is 4.79 Å². The van der Waals surface area contributed by atoms with Gasteiger partial charge in [-0.25, -0.2) is 0 Å². The molecule has 0 aliphatic carbocycles. The molecule has 1 aromatic carbocycles. The number of carbonyl (C=O) groups excluding carboxylic acids is 1. The predicted octanol–water partition coefficient (Wildman–Crippen LogP) is 2.49. The van der Waals surface area contributed by atoms with E-state index in [9.17, 15) is 9.90 Å². The summed E-state index contributed by atoms with van der Waals surface area (Å²) in [6, 6.07) is 4.94. The third kappa shape index (κ3) is 4.65. The van der Waals surface area contributed by atoms with Gasteiger partial charge in [-0.15, -0.1) is 0 Å². The Morgan fingerprint density at radius 3 is 2.68 bits per heavy atom. The highest BCUT2D eigenvalue weighted by molar-refractivity contribution is 14.1. The number of hydrogen-bond donors (Lipinski definition) is 3. The molecule has 0 fully saturated rings. The molecule has 19 heavy (non-hydrogen) atoms. The zero-order valence-electron chi connectivity index (χ0n) is 11.5. The van der Waals surface area contributed by atoms with Crippen molar-refractivity contribution in [2.24, 2.45) is 11.7 Å². The Bertz CT molecular complexity index is 463. The third-order valence-electron chi connectivity index (χ3n) is 2.93. The fraction of sp³-hybridized carbons (Fsp3) is 0.500. The number of benzene rings is 1. The van der Waals surface area contributed by atoms with Crippen molar-refractivity contribution in [3.05, 3.63) is 27.3 Å². The first kappa shape index (κ1) is 16.2. The van der Waals surface area contributed by atoms with E-state index in [0.29, 0.717) is 12.5 Å². The van der Waals surface area contributed by atoms with Gasteiger partial charge in [0.1, 0.15) is 5.75 Å². The summed E-state index contributed by atoms with van der Waals surface area (Å²) in [6.07, 6.45) is 0.792. The first-order valence-electron chi connectivity index (χ1n) is 6.28. The van der Waals surface area contributed by atoms with E-state index in [2.05, 4.69) is 41.8 Å². The number of nitrogens with two attached hydrogens (primary N) is 1. The highest BCUT2D eigenvalue weighted by Crippen LogP contribution is 2.22. The quantitative estimate of drug-likeness (QED) is 0.692. The largest absolute Gasteiger partial charge is 0.507 e. The van der Waals surface area contributed by atoms with Crippen molar-refractivity contribution in [1.29, 1.82) is 0 Å². The molecule has 106 valence electrons. The normalized spacial score (nSPS) is 14.2. The third-order valence-corrected chi connectivity index (χ3v) is 3.60. The number of phenols is 1. The summed E-state index contributed by atoms with van der Waals surface area (Å²) in [4.78, 5) is 12.2. The van der Waals surface area contributed by atoms with Crippen molar-refractivity contribution >= 4 is 28.5 Å². The Kier molecular flexibility index (Phi) is 5.61. The van der Waals surface area contributed by atoms with E-state index >= 15 is 0 Å². The lowest BCUT2D eigenvalue weighted by atomic mass is 9.90. The molecular formula is C14H21IN2O2. The summed E-state index contributed by atoms with van der Waals surface area (Å²) >= 11 is 2.11. The molecule has 0 bridgehead atoms. The second-order valence-electron chi connectivity index (χ2n) is 5.48. The number of phenolic OH excluding ortho intramolecular Hbond substituents is 1. The lowest BCUT2D eigenvalue weighted by Gasteiger charge is -2.31. The average Bonchev–Trinajstić information content (AvgIpc) is 2.31. The standard InChI is InChI=1S/C14H21IN2O2/c1-9(2)7-14(3,8-16)17-13(19)11-6-10(15)4-5-12(11)18/h4-6,9,18H,7-8,16H2,1-3H3,(H,17,19). The number of amides is 1. The van der Waals surface area contributed by atoms with Crippen LogP contribution in [-0.2, 0) is 0 Å². The van der Waals surface area contributed by atoms with E-state index in [1.54, 1.807) is 12.1 Å². The first-order valence-corrected chi connectivity index (χ1v) is 7.36. The van der Waals surface area contributed by atoms with Crippen molar-refractivity contribution < 1.29 is 9.90 Å². The van der Waals surface area contributed by atoms with Crippen LogP contribution < -0.4 is 11.1 Å². The van der Waals surface area contributed by atoms with Gasteiger partial charge in [0.25, 0.3) is 5.91 Å². The predicted molar refractivity (Wildman–Crippen MR) is 85.2 cm³/mol. The smallest absolute Gasteiger partial charge is 0.255 e. The van der Waals surface area contributed by atoms with E-state index in [1.807, 2.05) is 6.92 Å². The molecule has 0 heterocycles. The molecule has 0 aliphatic rings. The van der Waals surface area contributed by atoms with Crippen molar-refractivity contribution in [1.82, 2.24) is 5.32 Å². The molecule has 0 aliphatic heterocycles. The number of nitrogens with one attached hydrogen (secondary N) is 1. The van der Waals surface area contributed by atoms with Gasteiger partial charge in [-0.1, -0.05) is 13.8 Å². The lowest BCUT2D eigenvalue weighted by Crippen LogP contribution is -2.52. The molecule has 0 aromatic heterocycles. The molecule has 1 aromatic rings. The van der Waals surface area contributed by atoms with Crippen LogP contribution in [0.1, 0.15) is 37.6 Å². The van der Waals surface area contributed by atoms with Crippen molar-refractivity contribution in [2.75, 3.05) is 6.54 Å². The molecular weight excluding hydrogens is 355 g/mol. The summed E-state index contributed by atoms with van der Waals surface area (Å²) in [7, 11) is 0. The monoisotopic (exact) mass is 376 g/mol. The summed E-state index contributed by atoms with van der Waals surface area (Å²) in [5, 5.41) is 12.7. The van der Waals surface area contributed by atoms with Gasteiger partial charge in [-0.05, 0) is 60.1 Å². The number of hydrogen-bond acceptors (Lipinski definition) is 3. The topological polar surface area (TPSA) is 75.3 Å². The molecule has 1 atom stereocenters. The van der Waals surface area contributed by atoms with Gasteiger partial charge in [0, 0.05) is 15.7 Å². The maximum absolute atomic E-state index is 12.2. The summed E-state index contributed by atoms with van der Waals surface area (Å²) < 4.78 is 0.902. The number of halogens is 1. The number of carbonyl (C=O) groups is 1. The van der Waals surface area contributed by atoms with Crippen LogP contribution in [0.25, 0.3) is 0 Å². The second-order valence-corrected chi connectivity index (χ2v) is 6.72. The second kappa shape index (κ2) is 6.56. The van der Waals surface area contributed by atoms with Crippen LogP contribution in [0.3, 0.4) is 0 Å². The van der Waals surface area contributed by atoms with E-state index in [1.165, 1.54) is 6.07 Å². The van der Waals surface area contributed by atoms with E-state index in [4.69, 9.17) is 5.73 Å². The minimum absolute atomic E-state index is 0.0122. The van der Waals surface area contributed by atoms with Gasteiger partial charge in [0.15, 0.2) is 0 Å². The number of rotatable bonds is 5. The van der Waals surface area contributed by atoms with Gasteiger partial charge < -0.3 is 16.2 Å². The van der Waals surface area contributed by atoms with Gasteiger partial charge in [-0.2, -0.15) is 0 Å². The Labute approximate surface area is 127 Å². The van der Waals surface area contributed by atoms with E-state index < -0.39 is 5.54 Å². The first-order chi connectivity index (χ1) is 8.77. The van der Waals surface area contributed by atoms with Crippen LogP contribution in [0.2, 0.25) is 0 Å². The molecule has 1 unspecified atom stereocenters. The molecule has 0 radical (unpaired) electrons. The minimum Gasteiger partial charge on any atom is -0.507 e. The van der Waals surface area contributed by atoms with Gasteiger partial charge in [0.2, 0.25) is 0 Å². The molecule has 0 saturated heterocycles. The van der Waals surface area contributed by atoms with Gasteiger partial charge >= 0.3 is 0 Å².